The van der Waals surface area contributed by atoms with Crippen LogP contribution < -0.4 is 5.32 Å². The van der Waals surface area contributed by atoms with Gasteiger partial charge in [-0.25, -0.2) is 9.18 Å². The number of hydrogen-bond acceptors (Lipinski definition) is 1. The van der Waals surface area contributed by atoms with Gasteiger partial charge in [0.05, 0.1) is 11.7 Å². The van der Waals surface area contributed by atoms with Crippen molar-refractivity contribution < 1.29 is 9.18 Å². The maximum atomic E-state index is 13.7. The first-order valence-corrected chi connectivity index (χ1v) is 7.55. The molecule has 0 aliphatic carbocycles. The monoisotopic (exact) mass is 301 g/mol. The molecule has 0 saturated heterocycles. The van der Waals surface area contributed by atoms with Crippen molar-refractivity contribution in [2.24, 2.45) is 5.92 Å². The van der Waals surface area contributed by atoms with E-state index < -0.39 is 5.82 Å². The summed E-state index contributed by atoms with van der Waals surface area (Å²) in [5.41, 5.74) is 1.35. The van der Waals surface area contributed by atoms with E-state index in [-0.39, 0.29) is 23.7 Å². The third kappa shape index (κ3) is 2.58. The van der Waals surface area contributed by atoms with Gasteiger partial charge < -0.3 is 14.8 Å². The van der Waals surface area contributed by atoms with Crippen molar-refractivity contribution in [3.63, 3.8) is 0 Å². The molecule has 4 nitrogen and oxygen atoms in total. The topological polar surface area (TPSA) is 37.3 Å². The summed E-state index contributed by atoms with van der Waals surface area (Å²) in [7, 11) is 0. The van der Waals surface area contributed by atoms with Crippen molar-refractivity contribution in [1.29, 1.82) is 0 Å². The molecule has 1 aromatic heterocycles. The first-order valence-electron chi connectivity index (χ1n) is 7.55. The Hall–Kier alpha value is -2.30. The maximum Gasteiger partial charge on any atom is 0.322 e. The van der Waals surface area contributed by atoms with Crippen molar-refractivity contribution in [3.05, 3.63) is 54.1 Å². The molecule has 0 unspecified atom stereocenters. The Morgan fingerprint density at radius 3 is 2.73 bits per heavy atom. The number of anilines is 1. The molecule has 2 heterocycles. The third-order valence-electron chi connectivity index (χ3n) is 4.09. The lowest BCUT2D eigenvalue weighted by molar-refractivity contribution is 0.143. The van der Waals surface area contributed by atoms with Crippen molar-refractivity contribution >= 4 is 11.7 Å². The van der Waals surface area contributed by atoms with Crippen molar-refractivity contribution in [2.45, 2.75) is 26.4 Å². The highest BCUT2D eigenvalue weighted by Crippen LogP contribution is 2.32. The number of nitrogens with one attached hydrogen (secondary N) is 1. The minimum atomic E-state index is -0.419. The van der Waals surface area contributed by atoms with Crippen molar-refractivity contribution in [1.82, 2.24) is 9.47 Å². The van der Waals surface area contributed by atoms with Crippen LogP contribution in [-0.2, 0) is 6.54 Å². The summed E-state index contributed by atoms with van der Waals surface area (Å²) in [4.78, 5) is 14.4. The van der Waals surface area contributed by atoms with E-state index in [1.807, 2.05) is 18.3 Å². The van der Waals surface area contributed by atoms with E-state index in [2.05, 4.69) is 23.7 Å². The molecule has 0 spiro atoms. The molecular weight excluding hydrogens is 281 g/mol. The molecular formula is C17H20FN3O. The van der Waals surface area contributed by atoms with E-state index in [1.165, 1.54) is 6.07 Å². The normalized spacial score (nSPS) is 17.5. The number of amides is 2. The molecule has 0 saturated carbocycles. The number of aromatic nitrogens is 1. The third-order valence-corrected chi connectivity index (χ3v) is 4.09. The van der Waals surface area contributed by atoms with Gasteiger partial charge in [-0.3, -0.25) is 0 Å². The fourth-order valence-corrected chi connectivity index (χ4v) is 3.09. The van der Waals surface area contributed by atoms with E-state index in [9.17, 15) is 9.18 Å². The standard InChI is InChI=1S/C17H20FN3O/c1-12(2)16-15-8-5-9-20(15)10-11-21(16)17(22)19-14-7-4-3-6-13(14)18/h3-9,12,16H,10-11H2,1-2H3,(H,19,22)/t16-/m0/s1. The molecule has 22 heavy (non-hydrogen) atoms. The predicted molar refractivity (Wildman–Crippen MR) is 84.1 cm³/mol. The van der Waals surface area contributed by atoms with Gasteiger partial charge >= 0.3 is 6.03 Å². The number of rotatable bonds is 2. The molecule has 5 heteroatoms. The summed E-state index contributed by atoms with van der Waals surface area (Å²) in [5, 5.41) is 2.69. The Bertz CT molecular complexity index is 680. The van der Waals surface area contributed by atoms with Gasteiger partial charge in [-0.2, -0.15) is 0 Å². The Morgan fingerprint density at radius 2 is 2.00 bits per heavy atom. The molecule has 3 rings (SSSR count). The Labute approximate surface area is 129 Å². The molecule has 1 N–H and O–H groups in total. The number of para-hydroxylation sites is 1. The summed E-state index contributed by atoms with van der Waals surface area (Å²) < 4.78 is 15.9. The Balaban J connectivity index is 1.84. The summed E-state index contributed by atoms with van der Waals surface area (Å²) in [6.45, 7) is 5.56. The SMILES string of the molecule is CC(C)[C@H]1c2cccn2CCN1C(=O)Nc1ccccc1F. The highest BCUT2D eigenvalue weighted by atomic mass is 19.1. The second-order valence-corrected chi connectivity index (χ2v) is 5.92. The molecule has 1 aliphatic heterocycles. The summed E-state index contributed by atoms with van der Waals surface area (Å²) in [5.74, 6) is -0.141. The van der Waals surface area contributed by atoms with Crippen LogP contribution in [0, 0.1) is 11.7 Å². The van der Waals surface area contributed by atoms with Crippen LogP contribution in [-0.4, -0.2) is 22.0 Å². The molecule has 1 aromatic carbocycles. The summed E-state index contributed by atoms with van der Waals surface area (Å²) in [6.07, 6.45) is 2.04. The molecule has 2 amide bonds. The molecule has 0 fully saturated rings. The molecule has 0 bridgehead atoms. The molecule has 2 aromatic rings. The van der Waals surface area contributed by atoms with Crippen LogP contribution >= 0.6 is 0 Å². The first-order chi connectivity index (χ1) is 10.6. The van der Waals surface area contributed by atoms with Crippen molar-refractivity contribution in [3.8, 4) is 0 Å². The molecule has 116 valence electrons. The fraction of sp³-hybridized carbons (Fsp3) is 0.353. The number of halogens is 1. The number of hydrogen-bond donors (Lipinski definition) is 1. The second kappa shape index (κ2) is 5.83. The average molecular weight is 301 g/mol. The van der Waals surface area contributed by atoms with Crippen LogP contribution in [0.5, 0.6) is 0 Å². The number of urea groups is 1. The van der Waals surface area contributed by atoms with Gasteiger partial charge in [0.1, 0.15) is 5.82 Å². The average Bonchev–Trinajstić information content (AvgIpc) is 2.96. The van der Waals surface area contributed by atoms with E-state index in [0.717, 1.165) is 12.2 Å². The zero-order valence-corrected chi connectivity index (χ0v) is 12.8. The number of nitrogens with zero attached hydrogens (tertiary/aromatic N) is 2. The molecule has 0 radical (unpaired) electrons. The highest BCUT2D eigenvalue weighted by Gasteiger charge is 2.33. The van der Waals surface area contributed by atoms with E-state index in [0.29, 0.717) is 6.54 Å². The van der Waals surface area contributed by atoms with E-state index >= 15 is 0 Å². The van der Waals surface area contributed by atoms with Crippen LogP contribution in [0.4, 0.5) is 14.9 Å². The summed E-state index contributed by atoms with van der Waals surface area (Å²) in [6, 6.07) is 10.0. The van der Waals surface area contributed by atoms with Crippen LogP contribution in [0.25, 0.3) is 0 Å². The lowest BCUT2D eigenvalue weighted by Crippen LogP contribution is -2.45. The minimum Gasteiger partial charge on any atom is -0.348 e. The largest absolute Gasteiger partial charge is 0.348 e. The zero-order valence-electron chi connectivity index (χ0n) is 12.8. The smallest absolute Gasteiger partial charge is 0.322 e. The molecule has 1 atom stereocenters. The quantitative estimate of drug-likeness (QED) is 0.898. The lowest BCUT2D eigenvalue weighted by atomic mass is 9.97. The van der Waals surface area contributed by atoms with E-state index in [4.69, 9.17) is 0 Å². The van der Waals surface area contributed by atoms with Crippen molar-refractivity contribution in [2.75, 3.05) is 11.9 Å². The predicted octanol–water partition coefficient (Wildman–Crippen LogP) is 3.87. The number of benzene rings is 1. The first kappa shape index (κ1) is 14.6. The summed E-state index contributed by atoms with van der Waals surface area (Å²) >= 11 is 0. The lowest BCUT2D eigenvalue weighted by Gasteiger charge is -2.39. The van der Waals surface area contributed by atoms with Crippen LogP contribution in [0.3, 0.4) is 0 Å². The number of fused-ring (bicyclic) bond motifs is 1. The van der Waals surface area contributed by atoms with Crippen LogP contribution in [0.15, 0.2) is 42.6 Å². The van der Waals surface area contributed by atoms with Gasteiger partial charge in [-0.05, 0) is 30.2 Å². The second-order valence-electron chi connectivity index (χ2n) is 5.92. The molecule has 1 aliphatic rings. The van der Waals surface area contributed by atoms with Gasteiger partial charge in [0.25, 0.3) is 0 Å². The highest BCUT2D eigenvalue weighted by molar-refractivity contribution is 5.89. The van der Waals surface area contributed by atoms with Gasteiger partial charge in [-0.1, -0.05) is 26.0 Å². The van der Waals surface area contributed by atoms with Gasteiger partial charge in [0.2, 0.25) is 0 Å². The Morgan fingerprint density at radius 1 is 1.23 bits per heavy atom. The van der Waals surface area contributed by atoms with Gasteiger partial charge in [0.15, 0.2) is 0 Å². The van der Waals surface area contributed by atoms with Crippen LogP contribution in [0.2, 0.25) is 0 Å². The zero-order chi connectivity index (χ0) is 15.7. The number of carbonyl (C=O) groups is 1. The van der Waals surface area contributed by atoms with Crippen LogP contribution in [0.1, 0.15) is 25.6 Å². The fourth-order valence-electron chi connectivity index (χ4n) is 3.09. The minimum absolute atomic E-state index is 0.00414. The maximum absolute atomic E-state index is 13.7. The Kier molecular flexibility index (Phi) is 3.88. The number of carbonyl (C=O) groups excluding carboxylic acids is 1. The van der Waals surface area contributed by atoms with Gasteiger partial charge in [-0.15, -0.1) is 0 Å². The van der Waals surface area contributed by atoms with Gasteiger partial charge in [0, 0.05) is 25.0 Å². The van der Waals surface area contributed by atoms with E-state index in [1.54, 1.807) is 23.1 Å².